The van der Waals surface area contributed by atoms with Crippen molar-refractivity contribution in [1.82, 2.24) is 10.1 Å². The maximum atomic E-state index is 12.1. The van der Waals surface area contributed by atoms with Gasteiger partial charge in [0.25, 0.3) is 0 Å². The second-order valence-electron chi connectivity index (χ2n) is 6.44. The Labute approximate surface area is 148 Å². The highest BCUT2D eigenvalue weighted by Gasteiger charge is 2.30. The van der Waals surface area contributed by atoms with Crippen molar-refractivity contribution < 1.29 is 14.6 Å². The van der Waals surface area contributed by atoms with Gasteiger partial charge in [0.2, 0.25) is 5.91 Å². The highest BCUT2D eigenvalue weighted by atomic mass is 16.5. The van der Waals surface area contributed by atoms with Gasteiger partial charge in [-0.15, -0.1) is 0 Å². The smallest absolute Gasteiger partial charge is 0.373 e. The average molecular weight is 338 g/mol. The number of hydrogen-bond acceptors (Lipinski definition) is 4. The third-order valence-electron chi connectivity index (χ3n) is 4.21. The number of carbonyl (C=O) groups excluding carboxylic acids is 1. The van der Waals surface area contributed by atoms with Crippen LogP contribution in [0, 0.1) is 0 Å². The van der Waals surface area contributed by atoms with Gasteiger partial charge in [0.05, 0.1) is 0 Å². The van der Waals surface area contributed by atoms with E-state index in [1.54, 1.807) is 6.82 Å². The lowest BCUT2D eigenvalue weighted by Crippen LogP contribution is -2.41. The fourth-order valence-electron chi connectivity index (χ4n) is 3.07. The van der Waals surface area contributed by atoms with Crippen LogP contribution in [0.15, 0.2) is 54.6 Å². The second kappa shape index (κ2) is 8.18. The molecule has 1 amide bonds. The number of ether oxygens (including phenoxy) is 1. The minimum Gasteiger partial charge on any atom is -0.489 e. The maximum absolute atomic E-state index is 12.1. The molecule has 0 aromatic heterocycles. The molecule has 6 heteroatoms. The number of amides is 1. The molecule has 1 heterocycles. The Bertz CT molecular complexity index is 709. The van der Waals surface area contributed by atoms with Crippen LogP contribution in [0.2, 0.25) is 6.82 Å². The number of rotatable bonds is 7. The average Bonchev–Trinajstić information content (AvgIpc) is 2.93. The SMILES string of the molecule is CB(O)N[C@@H]1CC(=O)N(Cc2cccc(OCc3ccccc3)c2)C1. The highest BCUT2D eigenvalue weighted by molar-refractivity contribution is 6.45. The van der Waals surface area contributed by atoms with Crippen molar-refractivity contribution >= 4 is 13.0 Å². The molecule has 1 atom stereocenters. The predicted octanol–water partition coefficient (Wildman–Crippen LogP) is 2.07. The Morgan fingerprint density at radius 2 is 1.96 bits per heavy atom. The minimum atomic E-state index is -0.604. The molecule has 1 fully saturated rings. The van der Waals surface area contributed by atoms with Crippen LogP contribution in [-0.4, -0.2) is 35.5 Å². The van der Waals surface area contributed by atoms with Crippen molar-refractivity contribution in [3.8, 4) is 5.75 Å². The summed E-state index contributed by atoms with van der Waals surface area (Å²) in [5, 5.41) is 12.4. The first-order chi connectivity index (χ1) is 12.1. The normalized spacial score (nSPS) is 17.0. The number of hydrogen-bond donors (Lipinski definition) is 2. The molecule has 5 nitrogen and oxygen atoms in total. The zero-order chi connectivity index (χ0) is 17.6. The van der Waals surface area contributed by atoms with Gasteiger partial charge in [0, 0.05) is 25.6 Å². The van der Waals surface area contributed by atoms with Gasteiger partial charge in [-0.1, -0.05) is 42.5 Å². The molecule has 1 aliphatic rings. The topological polar surface area (TPSA) is 61.8 Å². The molecule has 0 spiro atoms. The van der Waals surface area contributed by atoms with E-state index in [4.69, 9.17) is 4.74 Å². The summed E-state index contributed by atoms with van der Waals surface area (Å²) in [7, 11) is -0.604. The van der Waals surface area contributed by atoms with Crippen LogP contribution in [0.25, 0.3) is 0 Å². The molecular formula is C19H23BN2O3. The molecule has 1 aliphatic heterocycles. The van der Waals surface area contributed by atoms with E-state index in [9.17, 15) is 9.82 Å². The van der Waals surface area contributed by atoms with Crippen molar-refractivity contribution in [2.45, 2.75) is 32.4 Å². The molecule has 130 valence electrons. The molecule has 2 aromatic rings. The molecule has 25 heavy (non-hydrogen) atoms. The molecule has 3 rings (SSSR count). The Hall–Kier alpha value is -2.31. The van der Waals surface area contributed by atoms with Gasteiger partial charge < -0.3 is 19.9 Å². The second-order valence-corrected chi connectivity index (χ2v) is 6.44. The summed E-state index contributed by atoms with van der Waals surface area (Å²) in [5.74, 6) is 0.903. The first kappa shape index (κ1) is 17.5. The predicted molar refractivity (Wildman–Crippen MR) is 98.0 cm³/mol. The van der Waals surface area contributed by atoms with Crippen LogP contribution in [0.4, 0.5) is 0 Å². The number of benzene rings is 2. The van der Waals surface area contributed by atoms with Gasteiger partial charge >= 0.3 is 7.05 Å². The number of likely N-dealkylation sites (tertiary alicyclic amines) is 1. The highest BCUT2D eigenvalue weighted by Crippen LogP contribution is 2.19. The van der Waals surface area contributed by atoms with E-state index in [2.05, 4.69) is 5.23 Å². The van der Waals surface area contributed by atoms with Gasteiger partial charge in [0.15, 0.2) is 0 Å². The number of nitrogens with zero attached hydrogens (tertiary/aromatic N) is 1. The van der Waals surface area contributed by atoms with Gasteiger partial charge in [-0.25, -0.2) is 0 Å². The number of carbonyl (C=O) groups is 1. The van der Waals surface area contributed by atoms with Crippen molar-refractivity contribution in [2.24, 2.45) is 0 Å². The summed E-state index contributed by atoms with van der Waals surface area (Å²) < 4.78 is 5.85. The lowest BCUT2D eigenvalue weighted by atomic mass is 9.87. The first-order valence-corrected chi connectivity index (χ1v) is 8.58. The van der Waals surface area contributed by atoms with Crippen LogP contribution in [-0.2, 0) is 17.9 Å². The summed E-state index contributed by atoms with van der Waals surface area (Å²) in [5.41, 5.74) is 2.16. The Morgan fingerprint density at radius 1 is 1.20 bits per heavy atom. The molecule has 0 aliphatic carbocycles. The summed E-state index contributed by atoms with van der Waals surface area (Å²) >= 11 is 0. The molecular weight excluding hydrogens is 315 g/mol. The molecule has 1 saturated heterocycles. The zero-order valence-electron chi connectivity index (χ0n) is 14.4. The molecule has 0 saturated carbocycles. The quantitative estimate of drug-likeness (QED) is 0.759. The molecule has 2 aromatic carbocycles. The van der Waals surface area contributed by atoms with Gasteiger partial charge in [0.1, 0.15) is 12.4 Å². The van der Waals surface area contributed by atoms with Crippen LogP contribution in [0.5, 0.6) is 5.75 Å². The van der Waals surface area contributed by atoms with E-state index in [0.29, 0.717) is 26.1 Å². The van der Waals surface area contributed by atoms with E-state index in [-0.39, 0.29) is 11.9 Å². The lowest BCUT2D eigenvalue weighted by Gasteiger charge is -2.18. The van der Waals surface area contributed by atoms with Crippen LogP contribution in [0.3, 0.4) is 0 Å². The molecule has 2 N–H and O–H groups in total. The van der Waals surface area contributed by atoms with Crippen LogP contribution < -0.4 is 9.96 Å². The van der Waals surface area contributed by atoms with E-state index in [0.717, 1.165) is 16.9 Å². The Morgan fingerprint density at radius 3 is 2.72 bits per heavy atom. The lowest BCUT2D eigenvalue weighted by molar-refractivity contribution is -0.128. The van der Waals surface area contributed by atoms with E-state index >= 15 is 0 Å². The van der Waals surface area contributed by atoms with E-state index < -0.39 is 7.05 Å². The zero-order valence-corrected chi connectivity index (χ0v) is 14.4. The summed E-state index contributed by atoms with van der Waals surface area (Å²) in [4.78, 5) is 14.0. The fourth-order valence-corrected chi connectivity index (χ4v) is 3.07. The van der Waals surface area contributed by atoms with Gasteiger partial charge in [-0.05, 0) is 30.1 Å². The standard InChI is InChI=1S/C19H23BN2O3/c1-20(24)21-17-11-19(23)22(13-17)12-16-8-5-9-18(10-16)25-14-15-6-3-2-4-7-15/h2-10,17,21,24H,11-14H2,1H3/t17-/m1/s1. The third kappa shape index (κ3) is 5.08. The van der Waals surface area contributed by atoms with Crippen LogP contribution in [0.1, 0.15) is 17.5 Å². The first-order valence-electron chi connectivity index (χ1n) is 8.58. The van der Waals surface area contributed by atoms with Crippen molar-refractivity contribution in [3.63, 3.8) is 0 Å². The van der Waals surface area contributed by atoms with Gasteiger partial charge in [-0.2, -0.15) is 0 Å². The van der Waals surface area contributed by atoms with Crippen molar-refractivity contribution in [1.29, 1.82) is 0 Å². The Kier molecular flexibility index (Phi) is 5.73. The third-order valence-corrected chi connectivity index (χ3v) is 4.21. The molecule has 0 bridgehead atoms. The fraction of sp³-hybridized carbons (Fsp3) is 0.316. The molecule has 0 radical (unpaired) electrons. The van der Waals surface area contributed by atoms with E-state index in [1.807, 2.05) is 59.5 Å². The molecule has 0 unspecified atom stereocenters. The largest absolute Gasteiger partial charge is 0.489 e. The van der Waals surface area contributed by atoms with E-state index in [1.165, 1.54) is 0 Å². The monoisotopic (exact) mass is 338 g/mol. The maximum Gasteiger partial charge on any atom is 0.373 e. The van der Waals surface area contributed by atoms with Crippen LogP contribution >= 0.6 is 0 Å². The summed E-state index contributed by atoms with van der Waals surface area (Å²) in [6, 6.07) is 17.9. The van der Waals surface area contributed by atoms with Gasteiger partial charge in [-0.3, -0.25) is 4.79 Å². The summed E-state index contributed by atoms with van der Waals surface area (Å²) in [6.45, 7) is 3.35. The van der Waals surface area contributed by atoms with Crippen molar-refractivity contribution in [3.05, 3.63) is 65.7 Å². The minimum absolute atomic E-state index is 0.00464. The number of nitrogens with one attached hydrogen (secondary N) is 1. The Balaban J connectivity index is 1.57. The summed E-state index contributed by atoms with van der Waals surface area (Å²) in [6.07, 6.45) is 0.426. The van der Waals surface area contributed by atoms with Crippen molar-refractivity contribution in [2.75, 3.05) is 6.54 Å².